The van der Waals surface area contributed by atoms with Crippen LogP contribution < -0.4 is 11.1 Å². The quantitative estimate of drug-likeness (QED) is 0.846. The first kappa shape index (κ1) is 16.5. The van der Waals surface area contributed by atoms with E-state index in [1.54, 1.807) is 19.2 Å². The van der Waals surface area contributed by atoms with E-state index in [9.17, 15) is 9.59 Å². The molecule has 1 saturated carbocycles. The fourth-order valence-corrected chi connectivity index (χ4v) is 1.83. The number of hydrogen-bond donors (Lipinski definition) is 2. The second-order valence-corrected chi connectivity index (χ2v) is 4.92. The Morgan fingerprint density at radius 1 is 1.35 bits per heavy atom. The Hall–Kier alpha value is -1.59. The molecule has 1 aliphatic carbocycles. The molecular weight excluding hydrogens is 278 g/mol. The van der Waals surface area contributed by atoms with Crippen LogP contribution >= 0.6 is 12.4 Å². The molecule has 3 N–H and O–H groups in total. The van der Waals surface area contributed by atoms with Crippen molar-refractivity contribution in [1.29, 1.82) is 0 Å². The van der Waals surface area contributed by atoms with Gasteiger partial charge in [0.1, 0.15) is 6.04 Å². The minimum absolute atomic E-state index is 0. The summed E-state index contributed by atoms with van der Waals surface area (Å²) in [5.41, 5.74) is 6.66. The highest BCUT2D eigenvalue weighted by Gasteiger charge is 2.25. The van der Waals surface area contributed by atoms with E-state index < -0.39 is 6.04 Å². The topological polar surface area (TPSA) is 75.4 Å². The number of nitrogens with two attached hydrogens (primary N) is 1. The van der Waals surface area contributed by atoms with Gasteiger partial charge in [0.2, 0.25) is 11.8 Å². The molecule has 1 aromatic carbocycles. The van der Waals surface area contributed by atoms with Crippen molar-refractivity contribution in [3.63, 3.8) is 0 Å². The highest BCUT2D eigenvalue weighted by Crippen LogP contribution is 2.18. The summed E-state index contributed by atoms with van der Waals surface area (Å²) in [4.78, 5) is 25.1. The number of hydrogen-bond acceptors (Lipinski definition) is 3. The molecule has 0 aliphatic heterocycles. The smallest absolute Gasteiger partial charge is 0.244 e. The van der Waals surface area contributed by atoms with Gasteiger partial charge in [0, 0.05) is 13.1 Å². The van der Waals surface area contributed by atoms with Crippen molar-refractivity contribution in [2.45, 2.75) is 24.9 Å². The molecule has 0 heterocycles. The summed E-state index contributed by atoms with van der Waals surface area (Å²) in [5.74, 6) is -0.379. The lowest BCUT2D eigenvalue weighted by atomic mass is 10.1. The largest absolute Gasteiger partial charge is 0.352 e. The van der Waals surface area contributed by atoms with E-state index in [0.717, 1.165) is 18.4 Å². The highest BCUT2D eigenvalue weighted by atomic mass is 35.5. The van der Waals surface area contributed by atoms with Crippen molar-refractivity contribution >= 4 is 24.2 Å². The first-order valence-corrected chi connectivity index (χ1v) is 6.43. The molecule has 0 spiro atoms. The van der Waals surface area contributed by atoms with Crippen molar-refractivity contribution < 1.29 is 9.59 Å². The Morgan fingerprint density at radius 2 is 1.95 bits per heavy atom. The van der Waals surface area contributed by atoms with E-state index in [0.29, 0.717) is 6.04 Å². The van der Waals surface area contributed by atoms with Crippen LogP contribution in [0.1, 0.15) is 24.4 Å². The summed E-state index contributed by atoms with van der Waals surface area (Å²) < 4.78 is 0. The molecule has 110 valence electrons. The molecule has 2 amide bonds. The van der Waals surface area contributed by atoms with E-state index >= 15 is 0 Å². The van der Waals surface area contributed by atoms with Crippen LogP contribution in [0.5, 0.6) is 0 Å². The van der Waals surface area contributed by atoms with Crippen LogP contribution in [0.2, 0.25) is 0 Å². The summed E-state index contributed by atoms with van der Waals surface area (Å²) >= 11 is 0. The third kappa shape index (κ3) is 4.51. The van der Waals surface area contributed by atoms with Gasteiger partial charge in [-0.25, -0.2) is 0 Å². The Kier molecular flexibility index (Phi) is 5.98. The maximum absolute atomic E-state index is 12.1. The molecule has 1 unspecified atom stereocenters. The number of likely N-dealkylation sites (N-methyl/N-ethyl adjacent to an activating group) is 1. The molecule has 0 bridgehead atoms. The Morgan fingerprint density at radius 3 is 2.50 bits per heavy atom. The number of amides is 2. The van der Waals surface area contributed by atoms with Crippen molar-refractivity contribution in [1.82, 2.24) is 10.2 Å². The predicted octanol–water partition coefficient (Wildman–Crippen LogP) is 0.845. The molecule has 5 nitrogen and oxygen atoms in total. The van der Waals surface area contributed by atoms with E-state index in [4.69, 9.17) is 5.73 Å². The van der Waals surface area contributed by atoms with Gasteiger partial charge in [-0.3, -0.25) is 9.59 Å². The lowest BCUT2D eigenvalue weighted by molar-refractivity contribution is -0.135. The Labute approximate surface area is 124 Å². The van der Waals surface area contributed by atoms with Crippen molar-refractivity contribution in [2.24, 2.45) is 5.73 Å². The number of halogens is 1. The molecule has 20 heavy (non-hydrogen) atoms. The predicted molar refractivity (Wildman–Crippen MR) is 79.4 cm³/mol. The molecule has 1 aromatic rings. The van der Waals surface area contributed by atoms with E-state index in [-0.39, 0.29) is 30.8 Å². The maximum Gasteiger partial charge on any atom is 0.244 e. The van der Waals surface area contributed by atoms with Crippen LogP contribution in [0.15, 0.2) is 30.3 Å². The van der Waals surface area contributed by atoms with Gasteiger partial charge in [0.25, 0.3) is 0 Å². The first-order chi connectivity index (χ1) is 9.08. The van der Waals surface area contributed by atoms with Gasteiger partial charge in [-0.2, -0.15) is 0 Å². The fraction of sp³-hybridized carbons (Fsp3) is 0.429. The molecule has 0 saturated heterocycles. The van der Waals surface area contributed by atoms with Crippen molar-refractivity contribution in [3.8, 4) is 0 Å². The highest BCUT2D eigenvalue weighted by molar-refractivity contribution is 5.88. The van der Waals surface area contributed by atoms with E-state index in [1.165, 1.54) is 4.90 Å². The maximum atomic E-state index is 12.1. The summed E-state index contributed by atoms with van der Waals surface area (Å²) in [7, 11) is 1.59. The van der Waals surface area contributed by atoms with Gasteiger partial charge in [-0.1, -0.05) is 30.3 Å². The monoisotopic (exact) mass is 297 g/mol. The summed E-state index contributed by atoms with van der Waals surface area (Å²) in [5, 5.41) is 2.84. The van der Waals surface area contributed by atoms with Gasteiger partial charge >= 0.3 is 0 Å². The number of rotatable bonds is 5. The van der Waals surface area contributed by atoms with Gasteiger partial charge in [-0.05, 0) is 18.4 Å². The zero-order valence-corrected chi connectivity index (χ0v) is 12.2. The third-order valence-corrected chi connectivity index (χ3v) is 3.12. The average molecular weight is 298 g/mol. The Bertz CT molecular complexity index is 463. The van der Waals surface area contributed by atoms with Crippen LogP contribution in [0.25, 0.3) is 0 Å². The van der Waals surface area contributed by atoms with Crippen LogP contribution in [0, 0.1) is 0 Å². The lowest BCUT2D eigenvalue weighted by Crippen LogP contribution is -2.42. The zero-order chi connectivity index (χ0) is 13.8. The number of nitrogens with one attached hydrogen (secondary N) is 1. The van der Waals surface area contributed by atoms with Crippen LogP contribution in [-0.2, 0) is 9.59 Å². The van der Waals surface area contributed by atoms with Gasteiger partial charge in [0.15, 0.2) is 0 Å². The van der Waals surface area contributed by atoms with Crippen molar-refractivity contribution in [2.75, 3.05) is 13.6 Å². The fourth-order valence-electron chi connectivity index (χ4n) is 1.83. The molecule has 1 fully saturated rings. The number of carbonyl (C=O) groups is 2. The minimum atomic E-state index is -0.722. The number of carbonyl (C=O) groups excluding carboxylic acids is 2. The number of nitrogens with zero attached hydrogens (tertiary/aromatic N) is 1. The van der Waals surface area contributed by atoms with Crippen LogP contribution in [-0.4, -0.2) is 36.3 Å². The van der Waals surface area contributed by atoms with Crippen molar-refractivity contribution in [3.05, 3.63) is 35.9 Å². The SMILES string of the molecule is CN(CC(=O)NC1CC1)C(=O)C(N)c1ccccc1.Cl. The van der Waals surface area contributed by atoms with Crippen LogP contribution in [0.3, 0.4) is 0 Å². The van der Waals surface area contributed by atoms with E-state index in [1.807, 2.05) is 18.2 Å². The van der Waals surface area contributed by atoms with Crippen LogP contribution in [0.4, 0.5) is 0 Å². The Balaban J connectivity index is 0.00000200. The lowest BCUT2D eigenvalue weighted by Gasteiger charge is -2.21. The summed E-state index contributed by atoms with van der Waals surface area (Å²) in [6, 6.07) is 8.73. The molecule has 1 aliphatic rings. The summed E-state index contributed by atoms with van der Waals surface area (Å²) in [6.07, 6.45) is 2.07. The summed E-state index contributed by atoms with van der Waals surface area (Å²) in [6.45, 7) is 0.0515. The molecule has 6 heteroatoms. The third-order valence-electron chi connectivity index (χ3n) is 3.12. The van der Waals surface area contributed by atoms with Gasteiger partial charge in [-0.15, -0.1) is 12.4 Å². The molecule has 1 atom stereocenters. The van der Waals surface area contributed by atoms with Gasteiger partial charge < -0.3 is 16.0 Å². The van der Waals surface area contributed by atoms with Gasteiger partial charge in [0.05, 0.1) is 6.54 Å². The molecular formula is C14H20ClN3O2. The standard InChI is InChI=1S/C14H19N3O2.ClH/c1-17(9-12(18)16-11-7-8-11)14(19)13(15)10-5-3-2-4-6-10;/h2-6,11,13H,7-9,15H2,1H3,(H,16,18);1H. The molecule has 0 radical (unpaired) electrons. The zero-order valence-electron chi connectivity index (χ0n) is 11.4. The molecule has 2 rings (SSSR count). The second-order valence-electron chi connectivity index (χ2n) is 4.92. The average Bonchev–Trinajstić information content (AvgIpc) is 3.21. The molecule has 0 aromatic heterocycles. The van der Waals surface area contributed by atoms with E-state index in [2.05, 4.69) is 5.32 Å². The minimum Gasteiger partial charge on any atom is -0.352 e. The second kappa shape index (κ2) is 7.26. The normalized spacial score (nSPS) is 14.9. The number of benzene rings is 1. The first-order valence-electron chi connectivity index (χ1n) is 6.43.